The summed E-state index contributed by atoms with van der Waals surface area (Å²) < 4.78 is 28.0. The van der Waals surface area contributed by atoms with Gasteiger partial charge in [-0.05, 0) is 38.5 Å². The number of hydrogen-bond acceptors (Lipinski definition) is 7. The lowest BCUT2D eigenvalue weighted by Crippen LogP contribution is -2.18. The van der Waals surface area contributed by atoms with Crippen molar-refractivity contribution in [3.63, 3.8) is 0 Å². The van der Waals surface area contributed by atoms with E-state index < -0.39 is 11.9 Å². The predicted molar refractivity (Wildman–Crippen MR) is 102 cm³/mol. The van der Waals surface area contributed by atoms with Crippen LogP contribution in [-0.4, -0.2) is 49.2 Å². The molecule has 9 nitrogen and oxygen atoms in total. The minimum atomic E-state index is -0.682. The maximum absolute atomic E-state index is 14.7. The Morgan fingerprint density at radius 3 is 2.72 bits per heavy atom. The highest BCUT2D eigenvalue weighted by Gasteiger charge is 2.27. The van der Waals surface area contributed by atoms with Gasteiger partial charge in [0, 0.05) is 6.20 Å². The van der Waals surface area contributed by atoms with E-state index >= 15 is 0 Å². The zero-order valence-corrected chi connectivity index (χ0v) is 16.6. The first kappa shape index (κ1) is 19.3. The molecule has 3 aromatic rings. The van der Waals surface area contributed by atoms with E-state index in [1.165, 1.54) is 24.2 Å². The van der Waals surface area contributed by atoms with Crippen molar-refractivity contribution in [1.29, 1.82) is 0 Å². The maximum Gasteiger partial charge on any atom is 0.341 e. The molecule has 154 valence electrons. The van der Waals surface area contributed by atoms with Gasteiger partial charge in [0.25, 0.3) is 11.9 Å². The van der Waals surface area contributed by atoms with Crippen molar-refractivity contribution in [1.82, 2.24) is 29.5 Å². The summed E-state index contributed by atoms with van der Waals surface area (Å²) in [6.07, 6.45) is 6.76. The standard InChI is InChI=1S/C19H23FN6O3/c1-4-29-18(27)12-9-21-25(10-12)19-22-14-15(17(23-19)28-3)26(24-16(14)20)13-7-5-11(2)6-8-13/h9-11,13H,4-8H2,1-3H3. The highest BCUT2D eigenvalue weighted by molar-refractivity contribution is 5.88. The van der Waals surface area contributed by atoms with E-state index in [0.717, 1.165) is 25.7 Å². The number of methoxy groups -OCH3 is 1. The van der Waals surface area contributed by atoms with E-state index in [4.69, 9.17) is 9.47 Å². The Morgan fingerprint density at radius 1 is 1.28 bits per heavy atom. The van der Waals surface area contributed by atoms with Crippen molar-refractivity contribution < 1.29 is 18.7 Å². The van der Waals surface area contributed by atoms with Crippen LogP contribution >= 0.6 is 0 Å². The Labute approximate surface area is 166 Å². The highest BCUT2D eigenvalue weighted by atomic mass is 19.1. The van der Waals surface area contributed by atoms with Crippen LogP contribution in [0.4, 0.5) is 4.39 Å². The molecular formula is C19H23FN6O3. The molecular weight excluding hydrogens is 379 g/mol. The molecule has 1 fully saturated rings. The number of carbonyl (C=O) groups is 1. The van der Waals surface area contributed by atoms with Gasteiger partial charge in [0.1, 0.15) is 0 Å². The average molecular weight is 402 g/mol. The fourth-order valence-electron chi connectivity index (χ4n) is 3.71. The van der Waals surface area contributed by atoms with Crippen LogP contribution in [0.5, 0.6) is 5.88 Å². The second kappa shape index (κ2) is 7.76. The molecule has 0 unspecified atom stereocenters. The molecule has 29 heavy (non-hydrogen) atoms. The van der Waals surface area contributed by atoms with Crippen LogP contribution in [-0.2, 0) is 4.74 Å². The van der Waals surface area contributed by atoms with Crippen molar-refractivity contribution in [3.05, 3.63) is 23.9 Å². The molecule has 0 radical (unpaired) electrons. The normalized spacial score (nSPS) is 19.4. The van der Waals surface area contributed by atoms with E-state index in [1.807, 2.05) is 0 Å². The number of hydrogen-bond donors (Lipinski definition) is 0. The van der Waals surface area contributed by atoms with Gasteiger partial charge in [-0.2, -0.15) is 14.5 Å². The lowest BCUT2D eigenvalue weighted by molar-refractivity contribution is 0.0526. The highest BCUT2D eigenvalue weighted by Crippen LogP contribution is 2.36. The predicted octanol–water partition coefficient (Wildman–Crippen LogP) is 3.09. The van der Waals surface area contributed by atoms with Crippen molar-refractivity contribution in [3.8, 4) is 11.8 Å². The van der Waals surface area contributed by atoms with Gasteiger partial charge < -0.3 is 9.47 Å². The third-order valence-corrected chi connectivity index (χ3v) is 5.28. The van der Waals surface area contributed by atoms with Gasteiger partial charge in [0.15, 0.2) is 11.0 Å². The van der Waals surface area contributed by atoms with Crippen LogP contribution in [0, 0.1) is 11.9 Å². The monoisotopic (exact) mass is 402 g/mol. The topological polar surface area (TPSA) is 96.9 Å². The van der Waals surface area contributed by atoms with Gasteiger partial charge in [0.2, 0.25) is 5.88 Å². The minimum Gasteiger partial charge on any atom is -0.479 e. The fraction of sp³-hybridized carbons (Fsp3) is 0.526. The summed E-state index contributed by atoms with van der Waals surface area (Å²) in [6.45, 7) is 4.20. The Balaban J connectivity index is 1.75. The summed E-state index contributed by atoms with van der Waals surface area (Å²) in [5, 5.41) is 8.20. The molecule has 0 aromatic carbocycles. The van der Waals surface area contributed by atoms with Crippen LogP contribution in [0.3, 0.4) is 0 Å². The first-order chi connectivity index (χ1) is 14.0. The number of esters is 1. The van der Waals surface area contributed by atoms with Crippen LogP contribution in [0.1, 0.15) is 55.9 Å². The van der Waals surface area contributed by atoms with Crippen LogP contribution in [0.25, 0.3) is 17.0 Å². The van der Waals surface area contributed by atoms with Crippen LogP contribution in [0.15, 0.2) is 12.4 Å². The van der Waals surface area contributed by atoms with Gasteiger partial charge in [-0.15, -0.1) is 5.10 Å². The van der Waals surface area contributed by atoms with E-state index in [0.29, 0.717) is 11.4 Å². The Morgan fingerprint density at radius 2 is 2.03 bits per heavy atom. The van der Waals surface area contributed by atoms with Gasteiger partial charge in [-0.1, -0.05) is 6.92 Å². The summed E-state index contributed by atoms with van der Waals surface area (Å²) >= 11 is 0. The zero-order chi connectivity index (χ0) is 20.5. The summed E-state index contributed by atoms with van der Waals surface area (Å²) in [4.78, 5) is 20.5. The summed E-state index contributed by atoms with van der Waals surface area (Å²) in [5.41, 5.74) is 0.756. The number of fused-ring (bicyclic) bond motifs is 1. The second-order valence-electron chi connectivity index (χ2n) is 7.27. The molecule has 10 heteroatoms. The lowest BCUT2D eigenvalue weighted by atomic mass is 9.87. The first-order valence-electron chi connectivity index (χ1n) is 9.73. The molecule has 0 saturated heterocycles. The Hall–Kier alpha value is -3.04. The average Bonchev–Trinajstić information content (AvgIpc) is 3.34. The van der Waals surface area contributed by atoms with Crippen molar-refractivity contribution >= 4 is 17.0 Å². The molecule has 0 spiro atoms. The molecule has 0 aliphatic heterocycles. The van der Waals surface area contributed by atoms with Crippen molar-refractivity contribution in [2.24, 2.45) is 5.92 Å². The fourth-order valence-corrected chi connectivity index (χ4v) is 3.71. The Kier molecular flexibility index (Phi) is 5.16. The SMILES string of the molecule is CCOC(=O)c1cnn(-c2nc(OC)c3c(n2)c(F)nn3C2CCC(C)CC2)c1. The number of aromatic nitrogens is 6. The number of halogens is 1. The number of carbonyl (C=O) groups excluding carboxylic acids is 1. The second-order valence-corrected chi connectivity index (χ2v) is 7.27. The van der Waals surface area contributed by atoms with Gasteiger partial charge in [-0.3, -0.25) is 4.68 Å². The Bertz CT molecular complexity index is 1040. The minimum absolute atomic E-state index is 0.0682. The molecule has 0 atom stereocenters. The third-order valence-electron chi connectivity index (χ3n) is 5.28. The van der Waals surface area contributed by atoms with E-state index in [2.05, 4.69) is 27.1 Å². The molecule has 1 saturated carbocycles. The maximum atomic E-state index is 14.7. The third kappa shape index (κ3) is 3.54. The van der Waals surface area contributed by atoms with E-state index in [-0.39, 0.29) is 35.6 Å². The van der Waals surface area contributed by atoms with E-state index in [9.17, 15) is 9.18 Å². The van der Waals surface area contributed by atoms with Crippen LogP contribution in [0.2, 0.25) is 0 Å². The molecule has 1 aliphatic carbocycles. The summed E-state index contributed by atoms with van der Waals surface area (Å²) in [5.74, 6) is -0.222. The van der Waals surface area contributed by atoms with Crippen molar-refractivity contribution in [2.75, 3.05) is 13.7 Å². The molecule has 3 heterocycles. The summed E-state index contributed by atoms with van der Waals surface area (Å²) in [6, 6.07) is 0.0849. The molecule has 0 amide bonds. The molecule has 0 bridgehead atoms. The molecule has 0 N–H and O–H groups in total. The van der Waals surface area contributed by atoms with E-state index in [1.54, 1.807) is 11.6 Å². The number of nitrogens with zero attached hydrogens (tertiary/aromatic N) is 6. The van der Waals surface area contributed by atoms with Crippen molar-refractivity contribution in [2.45, 2.75) is 45.6 Å². The van der Waals surface area contributed by atoms with Gasteiger partial charge in [0.05, 0.1) is 31.5 Å². The van der Waals surface area contributed by atoms with Crippen LogP contribution < -0.4 is 4.74 Å². The quantitative estimate of drug-likeness (QED) is 0.605. The zero-order valence-electron chi connectivity index (χ0n) is 16.6. The molecule has 3 aromatic heterocycles. The first-order valence-corrected chi connectivity index (χ1v) is 9.73. The largest absolute Gasteiger partial charge is 0.479 e. The molecule has 4 rings (SSSR count). The molecule has 1 aliphatic rings. The smallest absolute Gasteiger partial charge is 0.341 e. The number of ether oxygens (including phenoxy) is 2. The number of rotatable bonds is 5. The van der Waals surface area contributed by atoms with Gasteiger partial charge >= 0.3 is 5.97 Å². The lowest BCUT2D eigenvalue weighted by Gasteiger charge is -2.26. The summed E-state index contributed by atoms with van der Waals surface area (Å²) in [7, 11) is 1.47. The van der Waals surface area contributed by atoms with Gasteiger partial charge in [-0.25, -0.2) is 14.5 Å².